The summed E-state index contributed by atoms with van der Waals surface area (Å²) in [6.45, 7) is 8.05. The topological polar surface area (TPSA) is 47.0 Å². The van der Waals surface area contributed by atoms with Crippen molar-refractivity contribution in [3.8, 4) is 11.6 Å². The van der Waals surface area contributed by atoms with E-state index in [4.69, 9.17) is 4.74 Å². The van der Waals surface area contributed by atoms with E-state index in [1.165, 1.54) is 0 Å². The lowest BCUT2D eigenvalue weighted by Crippen LogP contribution is -2.19. The van der Waals surface area contributed by atoms with Crippen LogP contribution in [0.4, 0.5) is 0 Å². The van der Waals surface area contributed by atoms with E-state index in [1.807, 2.05) is 37.3 Å². The van der Waals surface area contributed by atoms with Gasteiger partial charge in [0.05, 0.1) is 5.69 Å². The number of rotatable bonds is 6. The summed E-state index contributed by atoms with van der Waals surface area (Å²) >= 11 is 3.44. The highest BCUT2D eigenvalue weighted by atomic mass is 79.9. The van der Waals surface area contributed by atoms with Gasteiger partial charge in [-0.25, -0.2) is 0 Å². The Morgan fingerprint density at radius 3 is 2.67 bits per heavy atom. The zero-order valence-corrected chi connectivity index (χ0v) is 14.1. The Morgan fingerprint density at radius 1 is 1.19 bits per heavy atom. The van der Waals surface area contributed by atoms with Crippen LogP contribution in [0.15, 0.2) is 34.8 Å². The summed E-state index contributed by atoms with van der Waals surface area (Å²) in [5.74, 6) is 1.91. The summed E-state index contributed by atoms with van der Waals surface area (Å²) in [5.41, 5.74) is 1.97. The first kappa shape index (κ1) is 15.9. The summed E-state index contributed by atoms with van der Waals surface area (Å²) in [6.07, 6.45) is 0. The highest BCUT2D eigenvalue weighted by Gasteiger charge is 2.05. The molecule has 4 nitrogen and oxygen atoms in total. The van der Waals surface area contributed by atoms with Crippen molar-refractivity contribution in [2.75, 3.05) is 6.54 Å². The third kappa shape index (κ3) is 5.10. The van der Waals surface area contributed by atoms with Gasteiger partial charge in [-0.3, -0.25) is 0 Å². The summed E-state index contributed by atoms with van der Waals surface area (Å²) in [7, 11) is 0. The Morgan fingerprint density at radius 2 is 2.00 bits per heavy atom. The molecule has 1 N–H and O–H groups in total. The molecular formula is C16H20BrN3O. The van der Waals surface area contributed by atoms with Crippen molar-refractivity contribution >= 4 is 15.9 Å². The molecule has 0 atom stereocenters. The molecule has 0 spiro atoms. The molecule has 1 heterocycles. The van der Waals surface area contributed by atoms with Gasteiger partial charge in [0.1, 0.15) is 5.75 Å². The van der Waals surface area contributed by atoms with E-state index in [0.29, 0.717) is 11.8 Å². The van der Waals surface area contributed by atoms with E-state index < -0.39 is 0 Å². The van der Waals surface area contributed by atoms with E-state index in [0.717, 1.165) is 34.6 Å². The Hall–Kier alpha value is -1.46. The van der Waals surface area contributed by atoms with Crippen LogP contribution in [0.25, 0.3) is 0 Å². The molecule has 0 saturated heterocycles. The number of hydrogen-bond donors (Lipinski definition) is 1. The molecule has 0 aliphatic carbocycles. The number of benzene rings is 1. The van der Waals surface area contributed by atoms with Crippen LogP contribution in [0.1, 0.15) is 25.1 Å². The second-order valence-corrected chi connectivity index (χ2v) is 6.32. The predicted molar refractivity (Wildman–Crippen MR) is 87.5 cm³/mol. The number of ether oxygens (including phenoxy) is 1. The van der Waals surface area contributed by atoms with Crippen molar-refractivity contribution in [1.29, 1.82) is 0 Å². The van der Waals surface area contributed by atoms with Gasteiger partial charge in [-0.1, -0.05) is 35.8 Å². The van der Waals surface area contributed by atoms with Gasteiger partial charge in [-0.05, 0) is 43.1 Å². The van der Waals surface area contributed by atoms with Crippen LogP contribution in [-0.4, -0.2) is 16.7 Å². The third-order valence-corrected chi connectivity index (χ3v) is 3.41. The van der Waals surface area contributed by atoms with Crippen LogP contribution < -0.4 is 10.1 Å². The molecule has 1 aromatic carbocycles. The Balaban J connectivity index is 1.97. The molecule has 0 saturated carbocycles. The largest absolute Gasteiger partial charge is 0.437 e. The molecule has 112 valence electrons. The van der Waals surface area contributed by atoms with Gasteiger partial charge in [0, 0.05) is 17.1 Å². The standard InChI is InChI=1S/C16H20BrN3O/c1-11(2)9-18-10-14-6-7-16(20-19-14)21-15-8-13(17)5-4-12(15)3/h4-8,11,18H,9-10H2,1-3H3. The number of nitrogens with one attached hydrogen (secondary N) is 1. The van der Waals surface area contributed by atoms with Crippen molar-refractivity contribution < 1.29 is 4.74 Å². The zero-order valence-electron chi connectivity index (χ0n) is 12.6. The lowest BCUT2D eigenvalue weighted by molar-refractivity contribution is 0.449. The fourth-order valence-electron chi connectivity index (χ4n) is 1.78. The first-order chi connectivity index (χ1) is 10.0. The van der Waals surface area contributed by atoms with Gasteiger partial charge in [-0.2, -0.15) is 5.10 Å². The van der Waals surface area contributed by atoms with Crippen molar-refractivity contribution in [3.63, 3.8) is 0 Å². The van der Waals surface area contributed by atoms with Crippen LogP contribution in [0.2, 0.25) is 0 Å². The number of nitrogens with zero attached hydrogens (tertiary/aromatic N) is 2. The molecule has 0 aliphatic rings. The molecule has 0 bridgehead atoms. The molecule has 0 amide bonds. The first-order valence-corrected chi connectivity index (χ1v) is 7.81. The molecule has 21 heavy (non-hydrogen) atoms. The van der Waals surface area contributed by atoms with E-state index in [-0.39, 0.29) is 0 Å². The van der Waals surface area contributed by atoms with Crippen LogP contribution in [-0.2, 0) is 6.54 Å². The van der Waals surface area contributed by atoms with Gasteiger partial charge in [-0.15, -0.1) is 5.10 Å². The second kappa shape index (κ2) is 7.52. The molecular weight excluding hydrogens is 330 g/mol. The lowest BCUT2D eigenvalue weighted by Gasteiger charge is -2.09. The fourth-order valence-corrected chi connectivity index (χ4v) is 2.12. The van der Waals surface area contributed by atoms with E-state index in [1.54, 1.807) is 0 Å². The highest BCUT2D eigenvalue weighted by molar-refractivity contribution is 9.10. The minimum atomic E-state index is 0.504. The zero-order chi connectivity index (χ0) is 15.2. The molecule has 0 radical (unpaired) electrons. The van der Waals surface area contributed by atoms with Crippen LogP contribution in [0.5, 0.6) is 11.6 Å². The normalized spacial score (nSPS) is 10.9. The SMILES string of the molecule is Cc1ccc(Br)cc1Oc1ccc(CNCC(C)C)nn1. The van der Waals surface area contributed by atoms with E-state index in [2.05, 4.69) is 45.3 Å². The van der Waals surface area contributed by atoms with Crippen molar-refractivity contribution in [2.24, 2.45) is 5.92 Å². The maximum Gasteiger partial charge on any atom is 0.238 e. The van der Waals surface area contributed by atoms with Crippen LogP contribution in [0.3, 0.4) is 0 Å². The smallest absolute Gasteiger partial charge is 0.238 e. The molecule has 0 unspecified atom stereocenters. The Kier molecular flexibility index (Phi) is 5.70. The van der Waals surface area contributed by atoms with Gasteiger partial charge in [0.15, 0.2) is 0 Å². The molecule has 2 aromatic rings. The maximum atomic E-state index is 5.76. The summed E-state index contributed by atoms with van der Waals surface area (Å²) in [4.78, 5) is 0. The van der Waals surface area contributed by atoms with Gasteiger partial charge in [0.2, 0.25) is 5.88 Å². The quantitative estimate of drug-likeness (QED) is 0.853. The van der Waals surface area contributed by atoms with Crippen molar-refractivity contribution in [2.45, 2.75) is 27.3 Å². The monoisotopic (exact) mass is 349 g/mol. The molecule has 1 aromatic heterocycles. The minimum absolute atomic E-state index is 0.504. The number of halogens is 1. The van der Waals surface area contributed by atoms with E-state index >= 15 is 0 Å². The lowest BCUT2D eigenvalue weighted by atomic mass is 10.2. The molecule has 2 rings (SSSR count). The van der Waals surface area contributed by atoms with Crippen LogP contribution >= 0.6 is 15.9 Å². The summed E-state index contributed by atoms with van der Waals surface area (Å²) < 4.78 is 6.74. The van der Waals surface area contributed by atoms with E-state index in [9.17, 15) is 0 Å². The number of hydrogen-bond acceptors (Lipinski definition) is 4. The molecule has 0 fully saturated rings. The average molecular weight is 350 g/mol. The Bertz CT molecular complexity index is 585. The van der Waals surface area contributed by atoms with Gasteiger partial charge < -0.3 is 10.1 Å². The van der Waals surface area contributed by atoms with Gasteiger partial charge >= 0.3 is 0 Å². The number of aryl methyl sites for hydroxylation is 1. The maximum absolute atomic E-state index is 5.76. The number of aromatic nitrogens is 2. The fraction of sp³-hybridized carbons (Fsp3) is 0.375. The van der Waals surface area contributed by atoms with Gasteiger partial charge in [0.25, 0.3) is 0 Å². The molecule has 0 aliphatic heterocycles. The van der Waals surface area contributed by atoms with Crippen molar-refractivity contribution in [1.82, 2.24) is 15.5 Å². The van der Waals surface area contributed by atoms with Crippen molar-refractivity contribution in [3.05, 3.63) is 46.1 Å². The average Bonchev–Trinajstić information content (AvgIpc) is 2.44. The molecule has 5 heteroatoms. The predicted octanol–water partition coefficient (Wildman–Crippen LogP) is 4.09. The second-order valence-electron chi connectivity index (χ2n) is 5.40. The summed E-state index contributed by atoms with van der Waals surface area (Å²) in [6, 6.07) is 9.69. The summed E-state index contributed by atoms with van der Waals surface area (Å²) in [5, 5.41) is 11.6. The minimum Gasteiger partial charge on any atom is -0.437 e. The Labute approximate surface area is 134 Å². The van der Waals surface area contributed by atoms with Crippen LogP contribution in [0, 0.1) is 12.8 Å². The third-order valence-electron chi connectivity index (χ3n) is 2.92. The highest BCUT2D eigenvalue weighted by Crippen LogP contribution is 2.26. The first-order valence-electron chi connectivity index (χ1n) is 7.02.